The molecule has 1 heterocycles. The molecule has 110 valence electrons. The van der Waals surface area contributed by atoms with Gasteiger partial charge in [0.1, 0.15) is 5.75 Å². The second kappa shape index (κ2) is 5.42. The van der Waals surface area contributed by atoms with Gasteiger partial charge in [0.05, 0.1) is 17.8 Å². The zero-order chi connectivity index (χ0) is 15.0. The molecule has 0 N–H and O–H groups in total. The molecule has 0 unspecified atom stereocenters. The second-order valence-corrected chi connectivity index (χ2v) is 6.46. The van der Waals surface area contributed by atoms with E-state index in [0.29, 0.717) is 0 Å². The summed E-state index contributed by atoms with van der Waals surface area (Å²) in [5, 5.41) is 0. The van der Waals surface area contributed by atoms with Crippen LogP contribution in [-0.2, 0) is 9.31 Å². The molecule has 0 saturated carbocycles. The molecule has 20 heavy (non-hydrogen) atoms. The first kappa shape index (κ1) is 15.4. The Balaban J connectivity index is 2.25. The predicted molar refractivity (Wildman–Crippen MR) is 82.7 cm³/mol. The summed E-state index contributed by atoms with van der Waals surface area (Å²) in [5.41, 5.74) is 1.58. The van der Waals surface area contributed by atoms with E-state index in [2.05, 4.69) is 47.6 Å². The zero-order valence-electron chi connectivity index (χ0n) is 13.4. The summed E-state index contributed by atoms with van der Waals surface area (Å²) in [6.45, 7) is 13.2. The highest BCUT2D eigenvalue weighted by Crippen LogP contribution is 2.36. The highest BCUT2D eigenvalue weighted by atomic mass is 16.7. The summed E-state index contributed by atoms with van der Waals surface area (Å²) in [4.78, 5) is 0. The average molecular weight is 276 g/mol. The van der Waals surface area contributed by atoms with E-state index in [9.17, 15) is 0 Å². The van der Waals surface area contributed by atoms with Crippen LogP contribution in [0.4, 0.5) is 0 Å². The van der Waals surface area contributed by atoms with Gasteiger partial charge < -0.3 is 14.0 Å². The van der Waals surface area contributed by atoms with Gasteiger partial charge in [-0.15, -0.1) is 0 Å². The second-order valence-electron chi connectivity index (χ2n) is 6.46. The van der Waals surface area contributed by atoms with Crippen LogP contribution in [0.1, 0.15) is 46.6 Å². The molecule has 0 aromatic heterocycles. The van der Waals surface area contributed by atoms with Crippen molar-refractivity contribution in [2.75, 3.05) is 6.61 Å². The third kappa shape index (κ3) is 2.86. The fourth-order valence-electron chi connectivity index (χ4n) is 2.15. The van der Waals surface area contributed by atoms with Gasteiger partial charge >= 0.3 is 7.12 Å². The van der Waals surface area contributed by atoms with Gasteiger partial charge in [-0.3, -0.25) is 0 Å². The third-order valence-corrected chi connectivity index (χ3v) is 4.23. The SMILES string of the molecule is CCCOc1ccc(C)c(B2OC(C)(C)C(C)(C)O2)c1. The molecule has 4 heteroatoms. The maximum Gasteiger partial charge on any atom is 0.495 e. The Morgan fingerprint density at radius 2 is 1.70 bits per heavy atom. The standard InChI is InChI=1S/C16H25BO3/c1-7-10-18-13-9-8-12(2)14(11-13)17-19-15(3,4)16(5,6)20-17/h8-9,11H,7,10H2,1-6H3. The maximum atomic E-state index is 6.11. The van der Waals surface area contributed by atoms with Crippen molar-refractivity contribution in [1.82, 2.24) is 0 Å². The molecule has 1 aromatic carbocycles. The minimum absolute atomic E-state index is 0.315. The van der Waals surface area contributed by atoms with E-state index in [1.807, 2.05) is 12.1 Å². The molecule has 1 fully saturated rings. The average Bonchev–Trinajstić information content (AvgIpc) is 2.57. The quantitative estimate of drug-likeness (QED) is 0.791. The third-order valence-electron chi connectivity index (χ3n) is 4.23. The van der Waals surface area contributed by atoms with Gasteiger partial charge in [0.15, 0.2) is 0 Å². The summed E-state index contributed by atoms with van der Waals surface area (Å²) >= 11 is 0. The molecular weight excluding hydrogens is 251 g/mol. The number of hydrogen-bond acceptors (Lipinski definition) is 3. The van der Waals surface area contributed by atoms with E-state index in [1.54, 1.807) is 0 Å². The smallest absolute Gasteiger partial charge is 0.494 e. The van der Waals surface area contributed by atoms with Crippen LogP contribution in [0, 0.1) is 6.92 Å². The Morgan fingerprint density at radius 1 is 1.10 bits per heavy atom. The van der Waals surface area contributed by atoms with Gasteiger partial charge in [0.25, 0.3) is 0 Å². The van der Waals surface area contributed by atoms with Crippen molar-refractivity contribution >= 4 is 12.6 Å². The Hall–Kier alpha value is -0.995. The van der Waals surface area contributed by atoms with Crippen molar-refractivity contribution < 1.29 is 14.0 Å². The summed E-state index contributed by atoms with van der Waals surface area (Å²) in [6, 6.07) is 6.10. The van der Waals surface area contributed by atoms with Crippen molar-refractivity contribution in [2.45, 2.75) is 59.2 Å². The Bertz CT molecular complexity index is 467. The largest absolute Gasteiger partial charge is 0.495 e. The molecule has 1 aliphatic rings. The lowest BCUT2D eigenvalue weighted by atomic mass is 9.76. The lowest BCUT2D eigenvalue weighted by molar-refractivity contribution is 0.00578. The molecule has 3 nitrogen and oxygen atoms in total. The summed E-state index contributed by atoms with van der Waals surface area (Å²) in [5.74, 6) is 0.877. The van der Waals surface area contributed by atoms with Gasteiger partial charge in [0.2, 0.25) is 0 Å². The number of ether oxygens (including phenoxy) is 1. The topological polar surface area (TPSA) is 27.7 Å². The molecule has 0 atom stereocenters. The Labute approximate surface area is 122 Å². The Morgan fingerprint density at radius 3 is 2.25 bits per heavy atom. The van der Waals surface area contributed by atoms with Crippen LogP contribution in [-0.4, -0.2) is 24.9 Å². The molecule has 0 bridgehead atoms. The first-order valence-corrected chi connectivity index (χ1v) is 7.36. The highest BCUT2D eigenvalue weighted by molar-refractivity contribution is 6.62. The molecule has 1 aromatic rings. The van der Waals surface area contributed by atoms with Crippen LogP contribution in [0.5, 0.6) is 5.75 Å². The minimum Gasteiger partial charge on any atom is -0.494 e. The maximum absolute atomic E-state index is 6.11. The number of hydrogen-bond donors (Lipinski definition) is 0. The van der Waals surface area contributed by atoms with Crippen LogP contribution >= 0.6 is 0 Å². The molecule has 0 aliphatic carbocycles. The molecule has 2 rings (SSSR count). The lowest BCUT2D eigenvalue weighted by Crippen LogP contribution is -2.41. The van der Waals surface area contributed by atoms with Gasteiger partial charge in [-0.2, -0.15) is 0 Å². The minimum atomic E-state index is -0.329. The van der Waals surface area contributed by atoms with Crippen LogP contribution in [0.15, 0.2) is 18.2 Å². The molecule has 1 aliphatic heterocycles. The van der Waals surface area contributed by atoms with E-state index >= 15 is 0 Å². The summed E-state index contributed by atoms with van der Waals surface area (Å²) in [6.07, 6.45) is 1.000. The highest BCUT2D eigenvalue weighted by Gasteiger charge is 2.52. The van der Waals surface area contributed by atoms with Gasteiger partial charge in [-0.1, -0.05) is 18.6 Å². The van der Waals surface area contributed by atoms with Crippen LogP contribution in [0.2, 0.25) is 0 Å². The molecule has 0 radical (unpaired) electrons. The molecular formula is C16H25BO3. The van der Waals surface area contributed by atoms with Gasteiger partial charge in [0, 0.05) is 0 Å². The van der Waals surface area contributed by atoms with Crippen LogP contribution in [0.25, 0.3) is 0 Å². The fourth-order valence-corrected chi connectivity index (χ4v) is 2.15. The number of rotatable bonds is 4. The molecule has 1 saturated heterocycles. The van der Waals surface area contributed by atoms with Crippen LogP contribution < -0.4 is 10.2 Å². The van der Waals surface area contributed by atoms with E-state index in [4.69, 9.17) is 14.0 Å². The number of benzene rings is 1. The fraction of sp³-hybridized carbons (Fsp3) is 0.625. The normalized spacial score (nSPS) is 20.2. The number of aryl methyl sites for hydroxylation is 1. The van der Waals surface area contributed by atoms with E-state index < -0.39 is 0 Å². The predicted octanol–water partition coefficient (Wildman–Crippen LogP) is 3.08. The molecule has 0 spiro atoms. The van der Waals surface area contributed by atoms with Crippen molar-refractivity contribution in [3.05, 3.63) is 23.8 Å². The van der Waals surface area contributed by atoms with Crippen LogP contribution in [0.3, 0.4) is 0 Å². The van der Waals surface area contributed by atoms with Crippen molar-refractivity contribution in [2.24, 2.45) is 0 Å². The van der Waals surface area contributed by atoms with E-state index in [0.717, 1.165) is 29.8 Å². The Kier molecular flexibility index (Phi) is 4.17. The van der Waals surface area contributed by atoms with Crippen molar-refractivity contribution in [3.8, 4) is 5.75 Å². The van der Waals surface area contributed by atoms with Crippen molar-refractivity contribution in [1.29, 1.82) is 0 Å². The monoisotopic (exact) mass is 276 g/mol. The van der Waals surface area contributed by atoms with E-state index in [-0.39, 0.29) is 18.3 Å². The molecule has 0 amide bonds. The lowest BCUT2D eigenvalue weighted by Gasteiger charge is -2.32. The first-order valence-electron chi connectivity index (χ1n) is 7.36. The summed E-state index contributed by atoms with van der Waals surface area (Å²) < 4.78 is 17.9. The summed E-state index contributed by atoms with van der Waals surface area (Å²) in [7, 11) is -0.329. The zero-order valence-corrected chi connectivity index (χ0v) is 13.4. The van der Waals surface area contributed by atoms with Gasteiger partial charge in [-0.25, -0.2) is 0 Å². The van der Waals surface area contributed by atoms with E-state index in [1.165, 1.54) is 0 Å². The van der Waals surface area contributed by atoms with Gasteiger partial charge in [-0.05, 0) is 58.6 Å². The van der Waals surface area contributed by atoms with Crippen molar-refractivity contribution in [3.63, 3.8) is 0 Å². The first-order chi connectivity index (χ1) is 9.27.